The molecule has 3 rings (SSSR count). The van der Waals surface area contributed by atoms with Gasteiger partial charge in [0.2, 0.25) is 0 Å². The Kier molecular flexibility index (Phi) is 4.82. The quantitative estimate of drug-likeness (QED) is 0.860. The highest BCUT2D eigenvalue weighted by atomic mass is 32.1. The Morgan fingerprint density at radius 2 is 1.92 bits per heavy atom. The molecule has 5 nitrogen and oxygen atoms in total. The normalized spacial score (nSPS) is 17.6. The van der Waals surface area contributed by atoms with Gasteiger partial charge in [0, 0.05) is 16.9 Å². The molecular weight excluding hydrogens is 346 g/mol. The number of thiazole rings is 1. The molecule has 1 aliphatic rings. The van der Waals surface area contributed by atoms with E-state index < -0.39 is 5.97 Å². The Labute approximate surface area is 159 Å². The number of nitrogens with zero attached hydrogens (tertiary/aromatic N) is 1. The van der Waals surface area contributed by atoms with E-state index in [0.717, 1.165) is 23.9 Å². The van der Waals surface area contributed by atoms with E-state index in [1.165, 1.54) is 23.4 Å². The van der Waals surface area contributed by atoms with Crippen LogP contribution in [0.4, 0.5) is 10.9 Å². The van der Waals surface area contributed by atoms with Gasteiger partial charge in [-0.2, -0.15) is 4.90 Å². The second kappa shape index (κ2) is 6.65. The maximum atomic E-state index is 11.1. The molecule has 0 saturated heterocycles. The summed E-state index contributed by atoms with van der Waals surface area (Å²) in [7, 11) is 0. The minimum absolute atomic E-state index is 0.147. The zero-order valence-electron chi connectivity index (χ0n) is 16.3. The van der Waals surface area contributed by atoms with Gasteiger partial charge in [-0.1, -0.05) is 46.0 Å². The van der Waals surface area contributed by atoms with Gasteiger partial charge in [0.15, 0.2) is 0 Å². The molecule has 26 heavy (non-hydrogen) atoms. The van der Waals surface area contributed by atoms with Gasteiger partial charge >= 0.3 is 11.1 Å². The summed E-state index contributed by atoms with van der Waals surface area (Å²) in [6.07, 6.45) is 4.92. The number of aromatic nitrogens is 2. The number of fused-ring (bicyclic) bond motifs is 1. The van der Waals surface area contributed by atoms with Gasteiger partial charge in [0.05, 0.1) is 17.0 Å². The van der Waals surface area contributed by atoms with E-state index in [1.54, 1.807) is 12.3 Å². The average molecular weight is 376 g/mol. The van der Waals surface area contributed by atoms with Crippen LogP contribution in [0.5, 0.6) is 0 Å². The van der Waals surface area contributed by atoms with E-state index in [9.17, 15) is 4.79 Å². The Balaban J connectivity index is 2.04. The zero-order valence-corrected chi connectivity index (χ0v) is 17.1. The van der Waals surface area contributed by atoms with Crippen LogP contribution in [-0.2, 0) is 10.8 Å². The van der Waals surface area contributed by atoms with E-state index in [0.29, 0.717) is 0 Å². The predicted octanol–water partition coefficient (Wildman–Crippen LogP) is 3.97. The van der Waals surface area contributed by atoms with Crippen LogP contribution in [0.3, 0.4) is 0 Å². The molecule has 3 N–H and O–H groups in total. The molecule has 2 heterocycles. The standard InChI is InChI=1S/C20H27N3O2S/c1-6-11-23(14-8-7-13(12-21-14)17(24)25)18-22-15-16(26-18)20(4,5)10-9-19(15,2)3/h7-8,12H,6,9-11H2,1-5H3,(H,24,25)/p+2. The van der Waals surface area contributed by atoms with Crippen LogP contribution in [0.25, 0.3) is 0 Å². The summed E-state index contributed by atoms with van der Waals surface area (Å²) in [6.45, 7) is 12.3. The number of hydrogen-bond acceptors (Lipinski definition) is 3. The first-order valence-corrected chi connectivity index (χ1v) is 10.1. The molecule has 0 saturated carbocycles. The second-order valence-electron chi connectivity index (χ2n) is 8.42. The lowest BCUT2D eigenvalue weighted by Crippen LogP contribution is -2.37. The van der Waals surface area contributed by atoms with Crippen LogP contribution in [0, 0.1) is 0 Å². The summed E-state index contributed by atoms with van der Waals surface area (Å²) >= 11 is 1.83. The molecule has 0 aromatic carbocycles. The van der Waals surface area contributed by atoms with Gasteiger partial charge in [-0.05, 0) is 25.3 Å². The third-order valence-corrected chi connectivity index (χ3v) is 6.83. The summed E-state index contributed by atoms with van der Waals surface area (Å²) in [5, 5.41) is 10.2. The Hall–Kier alpha value is -1.95. The molecular formula is C20H29N3O2S+2. The number of anilines is 2. The van der Waals surface area contributed by atoms with Gasteiger partial charge in [-0.15, -0.1) is 0 Å². The molecule has 0 amide bonds. The van der Waals surface area contributed by atoms with Gasteiger partial charge in [-0.3, -0.25) is 0 Å². The molecule has 2 aromatic heterocycles. The Bertz CT molecular complexity index is 775. The molecule has 0 fully saturated rings. The topological polar surface area (TPSA) is 68.8 Å². The predicted molar refractivity (Wildman–Crippen MR) is 103 cm³/mol. The molecule has 1 aliphatic carbocycles. The zero-order chi connectivity index (χ0) is 19.1. The van der Waals surface area contributed by atoms with Crippen molar-refractivity contribution in [1.82, 2.24) is 0 Å². The maximum Gasteiger partial charge on any atom is 0.342 e. The molecule has 6 heteroatoms. The number of aromatic carboxylic acids is 1. The third-order valence-electron chi connectivity index (χ3n) is 5.35. The molecule has 2 aromatic rings. The van der Waals surface area contributed by atoms with Crippen molar-refractivity contribution in [2.45, 2.75) is 64.7 Å². The van der Waals surface area contributed by atoms with Crippen LogP contribution in [0.1, 0.15) is 74.8 Å². The number of carbonyl (C=O) groups is 1. The number of pyridine rings is 1. The molecule has 0 atom stereocenters. The monoisotopic (exact) mass is 375 g/mol. The van der Waals surface area contributed by atoms with Crippen molar-refractivity contribution in [3.05, 3.63) is 34.5 Å². The highest BCUT2D eigenvalue weighted by Gasteiger charge is 2.43. The third kappa shape index (κ3) is 3.34. The van der Waals surface area contributed by atoms with Crippen molar-refractivity contribution in [2.24, 2.45) is 0 Å². The molecule has 0 unspecified atom stereocenters. The molecule has 0 spiro atoms. The first-order valence-electron chi connectivity index (χ1n) is 9.25. The fourth-order valence-electron chi connectivity index (χ4n) is 3.55. The van der Waals surface area contributed by atoms with E-state index in [1.807, 2.05) is 17.4 Å². The lowest BCUT2D eigenvalue weighted by atomic mass is 9.69. The fraction of sp³-hybridized carbons (Fsp3) is 0.550. The van der Waals surface area contributed by atoms with Crippen molar-refractivity contribution in [3.8, 4) is 0 Å². The fourth-order valence-corrected chi connectivity index (χ4v) is 5.00. The van der Waals surface area contributed by atoms with Crippen molar-refractivity contribution >= 4 is 28.3 Å². The lowest BCUT2D eigenvalue weighted by Gasteiger charge is -2.36. The van der Waals surface area contributed by atoms with Crippen LogP contribution in [0.15, 0.2) is 18.3 Å². The highest BCUT2D eigenvalue weighted by molar-refractivity contribution is 7.15. The minimum Gasteiger partial charge on any atom is -0.478 e. The SMILES string of the molecule is CCCN(c1ccc(C(=O)O)c[nH+]1)c1[nH+]c2c(s1)C(C)(C)CCC2(C)C. The van der Waals surface area contributed by atoms with Crippen LogP contribution in [0.2, 0.25) is 0 Å². The van der Waals surface area contributed by atoms with Crippen LogP contribution < -0.4 is 14.9 Å². The van der Waals surface area contributed by atoms with Crippen molar-refractivity contribution in [2.75, 3.05) is 11.4 Å². The first kappa shape index (κ1) is 18.8. The molecule has 0 aliphatic heterocycles. The number of rotatable bonds is 5. The van der Waals surface area contributed by atoms with Crippen molar-refractivity contribution in [1.29, 1.82) is 0 Å². The lowest BCUT2D eigenvalue weighted by molar-refractivity contribution is -0.386. The molecule has 0 bridgehead atoms. The minimum atomic E-state index is -0.920. The number of H-pyrrole nitrogens is 2. The number of aromatic amines is 2. The Morgan fingerprint density at radius 1 is 1.23 bits per heavy atom. The van der Waals surface area contributed by atoms with Gasteiger partial charge in [-0.25, -0.2) is 14.8 Å². The molecule has 0 radical (unpaired) electrons. The van der Waals surface area contributed by atoms with E-state index in [-0.39, 0.29) is 16.4 Å². The number of nitrogens with one attached hydrogen (secondary N) is 2. The summed E-state index contributed by atoms with van der Waals surface area (Å²) < 4.78 is 0. The number of carboxylic acid groups (broad SMARTS) is 1. The maximum absolute atomic E-state index is 11.1. The second-order valence-corrected chi connectivity index (χ2v) is 9.42. The van der Waals surface area contributed by atoms with Gasteiger partial charge in [0.25, 0.3) is 5.82 Å². The summed E-state index contributed by atoms with van der Waals surface area (Å²) in [6, 6.07) is 3.50. The summed E-state index contributed by atoms with van der Waals surface area (Å²) in [4.78, 5) is 21.6. The van der Waals surface area contributed by atoms with E-state index in [2.05, 4.69) is 49.5 Å². The van der Waals surface area contributed by atoms with E-state index in [4.69, 9.17) is 5.11 Å². The van der Waals surface area contributed by atoms with Crippen molar-refractivity contribution < 1.29 is 19.9 Å². The first-order chi connectivity index (χ1) is 12.2. The van der Waals surface area contributed by atoms with Gasteiger partial charge < -0.3 is 5.11 Å². The van der Waals surface area contributed by atoms with Crippen LogP contribution >= 0.6 is 11.3 Å². The largest absolute Gasteiger partial charge is 0.478 e. The van der Waals surface area contributed by atoms with Crippen LogP contribution in [-0.4, -0.2) is 17.6 Å². The highest BCUT2D eigenvalue weighted by Crippen LogP contribution is 2.48. The van der Waals surface area contributed by atoms with E-state index >= 15 is 0 Å². The van der Waals surface area contributed by atoms with Crippen molar-refractivity contribution in [3.63, 3.8) is 0 Å². The summed E-state index contributed by atoms with van der Waals surface area (Å²) in [5.41, 5.74) is 1.94. The Morgan fingerprint density at radius 3 is 2.46 bits per heavy atom. The smallest absolute Gasteiger partial charge is 0.342 e. The number of carboxylic acids is 1. The summed E-state index contributed by atoms with van der Waals surface area (Å²) in [5.74, 6) is -0.0150. The van der Waals surface area contributed by atoms with Gasteiger partial charge in [0.1, 0.15) is 11.9 Å². The average Bonchev–Trinajstić information content (AvgIpc) is 3.05. The molecule has 140 valence electrons. The number of hydrogen-bond donors (Lipinski definition) is 1.